The van der Waals surface area contributed by atoms with Crippen LogP contribution in [0.1, 0.15) is 179 Å². The number of hydrogen-bond acceptors (Lipinski definition) is 29. The minimum absolute atomic E-state index is 0.00706. The molecule has 1 aromatic carbocycles. The van der Waals surface area contributed by atoms with E-state index in [1.807, 2.05) is 13.8 Å². The molecule has 11 saturated heterocycles. The molecule has 11 aliphatic rings. The van der Waals surface area contributed by atoms with Crippen LogP contribution in [0.2, 0.25) is 0 Å². The van der Waals surface area contributed by atoms with Crippen LogP contribution in [0.5, 0.6) is 0 Å². The topological polar surface area (TPSA) is 415 Å². The number of esters is 1. The van der Waals surface area contributed by atoms with Crippen LogP contribution in [0.25, 0.3) is 0 Å². The van der Waals surface area contributed by atoms with Crippen molar-refractivity contribution in [2.75, 3.05) is 86.3 Å². The van der Waals surface area contributed by atoms with Crippen LogP contribution in [-0.2, 0) is 145 Å². The van der Waals surface area contributed by atoms with E-state index in [1.54, 1.807) is 42.3 Å². The average Bonchev–Trinajstić information content (AvgIpc) is 1.55. The minimum atomic E-state index is -0.991. The van der Waals surface area contributed by atoms with Gasteiger partial charge in [0, 0.05) is 103 Å². The molecule has 6 unspecified atom stereocenters. The molecule has 0 radical (unpaired) electrons. The SMILES string of the molecule is C=C1C[C@@H]2CC[C@@]34CC5O[C@H]6[C@@H](O3)[C@H]3OC(CC[C@@H]3O[C@H]6C5O4)CC(=O)C[C@@H]3[C@@H](OC)[C@@H](C[C@H](O)CCC(=O)OCc4ccc(CC(=O)[C@H](CCCNC(N)=O)NC(=O)[C@@H](CC(=O)CCOCCOCCOCCn5cc(COCCOCCOCCC(=O)ON6C(=O)CCC6=O)nn5)C(C)C)cc4)O[C@H]3CC3O[C@@H](CCC1O2)CC(C)C3=C. The van der Waals surface area contributed by atoms with Gasteiger partial charge in [-0.05, 0) is 98.3 Å². The number of fused-ring (bicyclic) bond motifs is 6. The Labute approximate surface area is 694 Å². The van der Waals surface area contributed by atoms with Gasteiger partial charge in [0.05, 0.1) is 172 Å². The van der Waals surface area contributed by atoms with Crippen molar-refractivity contribution in [3.8, 4) is 0 Å². The second kappa shape index (κ2) is 44.4. The van der Waals surface area contributed by atoms with Crippen molar-refractivity contribution >= 4 is 53.0 Å². The molecule has 13 rings (SSSR count). The maximum absolute atomic E-state index is 14.6. The molecule has 1 aromatic heterocycles. The lowest BCUT2D eigenvalue weighted by Gasteiger charge is -2.47. The van der Waals surface area contributed by atoms with Gasteiger partial charge in [0.1, 0.15) is 54.4 Å². The molecule has 21 atom stereocenters. The zero-order valence-electron chi connectivity index (χ0n) is 69.2. The number of ether oxygens (including phenoxy) is 16. The molecular weight excluding hydrogens is 1550 g/mol. The number of nitrogens with two attached hydrogens (primary N) is 1. The van der Waals surface area contributed by atoms with Gasteiger partial charge in [0.15, 0.2) is 11.6 Å². The van der Waals surface area contributed by atoms with Gasteiger partial charge in [0.2, 0.25) is 5.91 Å². The standard InChI is InChI=1S/C85H123N7O27/c1-50(2)63(42-58(94)22-27-104-30-33-107-35-32-106-29-26-91-47-56(89-90-91)49-109-37-36-108-34-31-105-28-23-76(100)119-92-73(97)18-19-74(92)98)83(101)88-65(8-7-25-87-84(86)102)66(96)40-54-9-11-55(12-10-54)48-110-75(99)20-13-57(93)44-71-77(103-6)64-43-59(95)41-61-15-17-68-78(113-61)82-81-80(115-68)79-72(116-81)46-85(117-79,118-82)24-21-62-39-52(4)67(111-62)16-14-60-38-51(3)53(5)69(112-60)45-70(64)114-71/h9-12,47,50-51,57,60-65,67-72,77-82,93H,4-5,7-8,13-46,48-49H2,1-3,6H3,(H,88,101)(H3,86,87,102)/t51?,57-,60+,61?,62+,63+,64+,65+,67?,68+,69?,70+,71-,72?,77-,78+,79?,80+,81-,82+,85+/m1/s1. The number of nitrogens with zero attached hydrogens (tertiary/aromatic N) is 4. The summed E-state index contributed by atoms with van der Waals surface area (Å²) in [4.78, 5) is 121. The van der Waals surface area contributed by atoms with E-state index in [0.29, 0.717) is 100.0 Å². The van der Waals surface area contributed by atoms with Crippen LogP contribution >= 0.6 is 0 Å². The number of carbonyl (C=O) groups excluding carboxylic acids is 9. The van der Waals surface area contributed by atoms with E-state index in [0.717, 1.165) is 43.3 Å². The average molecular weight is 1670 g/mol. The van der Waals surface area contributed by atoms with Crippen LogP contribution in [0.15, 0.2) is 54.8 Å². The van der Waals surface area contributed by atoms with E-state index in [2.05, 4.69) is 41.0 Å². The summed E-state index contributed by atoms with van der Waals surface area (Å²) in [6.07, 6.45) is 3.73. The zero-order valence-corrected chi connectivity index (χ0v) is 69.2. The molecule has 5 N–H and O–H groups in total. The number of Topliss-reactive ketones (excluding diaryl/α,β-unsaturated/α-hetero) is 3. The Bertz CT molecular complexity index is 3740. The Kier molecular flexibility index (Phi) is 34.0. The number of imide groups is 1. The zero-order chi connectivity index (χ0) is 84.1. The number of carbonyl (C=O) groups is 9. The lowest BCUT2D eigenvalue weighted by Crippen LogP contribution is -2.61. The normalized spacial score (nSPS) is 30.6. The number of amides is 5. The minimum Gasteiger partial charge on any atom is -0.461 e. The highest BCUT2D eigenvalue weighted by Crippen LogP contribution is 2.55. The van der Waals surface area contributed by atoms with Crippen LogP contribution < -0.4 is 16.4 Å². The van der Waals surface area contributed by atoms with Crippen LogP contribution in [-0.4, -0.2) is 274 Å². The smallest absolute Gasteiger partial charge is 0.335 e. The molecule has 0 saturated carbocycles. The number of aromatic nitrogens is 3. The third kappa shape index (κ3) is 25.8. The van der Waals surface area contributed by atoms with Crippen LogP contribution in [0.4, 0.5) is 4.79 Å². The summed E-state index contributed by atoms with van der Waals surface area (Å²) < 4.78 is 102. The quantitative estimate of drug-likeness (QED) is 0.0273. The summed E-state index contributed by atoms with van der Waals surface area (Å²) in [5.41, 5.74) is 9.29. The maximum atomic E-state index is 14.6. The predicted molar refractivity (Wildman–Crippen MR) is 418 cm³/mol. The summed E-state index contributed by atoms with van der Waals surface area (Å²) >= 11 is 0. The van der Waals surface area contributed by atoms with E-state index in [4.69, 9.17) is 86.4 Å². The van der Waals surface area contributed by atoms with Crippen molar-refractivity contribution in [1.29, 1.82) is 0 Å². The second-order valence-corrected chi connectivity index (χ2v) is 33.6. The summed E-state index contributed by atoms with van der Waals surface area (Å²) in [5.74, 6) is -5.35. The maximum Gasteiger partial charge on any atom is 0.335 e. The van der Waals surface area contributed by atoms with Crippen molar-refractivity contribution in [3.05, 3.63) is 71.6 Å². The molecule has 660 valence electrons. The van der Waals surface area contributed by atoms with Crippen LogP contribution in [0.3, 0.4) is 0 Å². The van der Waals surface area contributed by atoms with Crippen molar-refractivity contribution < 1.29 is 129 Å². The number of nitrogens with one attached hydrogen (secondary N) is 2. The van der Waals surface area contributed by atoms with Gasteiger partial charge < -0.3 is 102 Å². The van der Waals surface area contributed by atoms with Gasteiger partial charge >= 0.3 is 18.0 Å². The number of aliphatic hydroxyl groups is 1. The van der Waals surface area contributed by atoms with Gasteiger partial charge in [-0.25, -0.2) is 14.3 Å². The molecule has 34 heteroatoms. The Morgan fingerprint density at radius 1 is 0.672 bits per heavy atom. The lowest BCUT2D eigenvalue weighted by atomic mass is 9.81. The Morgan fingerprint density at radius 2 is 1.34 bits per heavy atom. The fourth-order valence-corrected chi connectivity index (χ4v) is 18.0. The molecule has 11 aliphatic heterocycles. The molecule has 12 heterocycles. The van der Waals surface area contributed by atoms with Crippen molar-refractivity contribution in [2.45, 2.75) is 298 Å². The number of ketones is 3. The number of hydroxylamine groups is 2. The third-order valence-electron chi connectivity index (χ3n) is 24.4. The van der Waals surface area contributed by atoms with Crippen LogP contribution in [0, 0.1) is 23.7 Å². The summed E-state index contributed by atoms with van der Waals surface area (Å²) in [5, 5.41) is 25.8. The monoisotopic (exact) mass is 1670 g/mol. The number of methoxy groups -OCH3 is 1. The fourth-order valence-electron chi connectivity index (χ4n) is 18.0. The van der Waals surface area contributed by atoms with E-state index >= 15 is 0 Å². The first-order valence-corrected chi connectivity index (χ1v) is 42.8. The molecule has 34 nitrogen and oxygen atoms in total. The Hall–Kier alpha value is -6.97. The first-order chi connectivity index (χ1) is 57.4. The van der Waals surface area contributed by atoms with Gasteiger partial charge in [0.25, 0.3) is 11.8 Å². The molecule has 12 bridgehead atoms. The van der Waals surface area contributed by atoms with E-state index < -0.39 is 96.0 Å². The lowest BCUT2D eigenvalue weighted by molar-refractivity contribution is -0.292. The third-order valence-corrected chi connectivity index (χ3v) is 24.4. The molecule has 5 amide bonds. The van der Waals surface area contributed by atoms with Crippen molar-refractivity contribution in [3.63, 3.8) is 0 Å². The molecule has 0 aliphatic carbocycles. The highest BCUT2D eigenvalue weighted by atomic mass is 16.8. The largest absolute Gasteiger partial charge is 0.461 e. The van der Waals surface area contributed by atoms with E-state index in [9.17, 15) is 48.3 Å². The molecule has 11 fully saturated rings. The highest BCUT2D eigenvalue weighted by molar-refractivity contribution is 6.01. The number of primary amides is 1. The fraction of sp³-hybridized carbons (Fsp3) is 0.753. The number of rotatable bonds is 44. The second-order valence-electron chi connectivity index (χ2n) is 33.6. The molecule has 119 heavy (non-hydrogen) atoms. The summed E-state index contributed by atoms with van der Waals surface area (Å²) in [6.45, 7) is 18.4. The predicted octanol–water partition coefficient (Wildman–Crippen LogP) is 5.56. The summed E-state index contributed by atoms with van der Waals surface area (Å²) in [6, 6.07) is 5.30. The van der Waals surface area contributed by atoms with Crippen molar-refractivity contribution in [1.82, 2.24) is 30.7 Å². The highest BCUT2D eigenvalue weighted by Gasteiger charge is 2.69. The number of hydrogen-bond donors (Lipinski definition) is 4. The first-order valence-electron chi connectivity index (χ1n) is 42.8. The summed E-state index contributed by atoms with van der Waals surface area (Å²) in [7, 11) is 1.60. The van der Waals surface area contributed by atoms with Gasteiger partial charge in [-0.3, -0.25) is 33.6 Å². The Balaban J connectivity index is 0.534. The van der Waals surface area contributed by atoms with E-state index in [1.165, 1.54) is 0 Å². The van der Waals surface area contributed by atoms with Crippen molar-refractivity contribution in [2.24, 2.45) is 29.4 Å². The first kappa shape index (κ1) is 91.2. The molecule has 2 aromatic rings. The number of benzene rings is 1. The number of urea groups is 1. The van der Waals surface area contributed by atoms with Gasteiger partial charge in [-0.2, -0.15) is 0 Å². The number of aliphatic hydroxyl groups excluding tert-OH is 1. The molecule has 1 spiro atoms. The Morgan fingerprint density at radius 3 is 2.07 bits per heavy atom. The van der Waals surface area contributed by atoms with Gasteiger partial charge in [-0.1, -0.05) is 63.4 Å². The molecular formula is C85H123N7O27. The van der Waals surface area contributed by atoms with E-state index in [-0.39, 0.29) is 227 Å². The van der Waals surface area contributed by atoms with Gasteiger partial charge in [-0.15, -0.1) is 10.2 Å².